The van der Waals surface area contributed by atoms with Crippen LogP contribution in [0.2, 0.25) is 0 Å². The Kier molecular flexibility index (Phi) is 3.02. The maximum Gasteiger partial charge on any atom is 0.123 e. The molecule has 2 N–H and O–H groups in total. The van der Waals surface area contributed by atoms with E-state index in [0.29, 0.717) is 12.6 Å². The SMILES string of the molecule is NCC1(c2cc(F)ccc2OC2CC2)CCCC1. The predicted molar refractivity (Wildman–Crippen MR) is 69.3 cm³/mol. The first-order chi connectivity index (χ1) is 8.73. The lowest BCUT2D eigenvalue weighted by Crippen LogP contribution is -2.32. The average Bonchev–Trinajstić information content (AvgIpc) is 3.06. The zero-order valence-electron chi connectivity index (χ0n) is 10.6. The highest BCUT2D eigenvalue weighted by Gasteiger charge is 2.38. The van der Waals surface area contributed by atoms with Crippen molar-refractivity contribution in [3.63, 3.8) is 0 Å². The lowest BCUT2D eigenvalue weighted by atomic mass is 9.78. The maximum absolute atomic E-state index is 13.6. The van der Waals surface area contributed by atoms with Gasteiger partial charge in [-0.1, -0.05) is 12.8 Å². The van der Waals surface area contributed by atoms with E-state index in [2.05, 4.69) is 0 Å². The monoisotopic (exact) mass is 249 g/mol. The lowest BCUT2D eigenvalue weighted by molar-refractivity contribution is 0.289. The molecule has 0 atom stereocenters. The summed E-state index contributed by atoms with van der Waals surface area (Å²) in [6.07, 6.45) is 7.03. The van der Waals surface area contributed by atoms with Crippen LogP contribution in [0.5, 0.6) is 5.75 Å². The Morgan fingerprint density at radius 3 is 2.61 bits per heavy atom. The molecule has 0 saturated heterocycles. The van der Waals surface area contributed by atoms with Crippen LogP contribution in [0.4, 0.5) is 4.39 Å². The van der Waals surface area contributed by atoms with Gasteiger partial charge in [0.1, 0.15) is 11.6 Å². The van der Waals surface area contributed by atoms with Crippen molar-refractivity contribution in [3.8, 4) is 5.75 Å². The van der Waals surface area contributed by atoms with E-state index in [4.69, 9.17) is 10.5 Å². The molecule has 0 unspecified atom stereocenters. The van der Waals surface area contributed by atoms with Crippen LogP contribution < -0.4 is 10.5 Å². The van der Waals surface area contributed by atoms with Crippen molar-refractivity contribution in [2.75, 3.05) is 6.54 Å². The second-order valence-electron chi connectivity index (χ2n) is 5.65. The molecule has 0 amide bonds. The molecule has 0 heterocycles. The molecule has 0 bridgehead atoms. The number of nitrogens with two attached hydrogens (primary N) is 1. The van der Waals surface area contributed by atoms with E-state index in [1.54, 1.807) is 12.1 Å². The van der Waals surface area contributed by atoms with Gasteiger partial charge in [-0.15, -0.1) is 0 Å². The van der Waals surface area contributed by atoms with Gasteiger partial charge in [-0.2, -0.15) is 0 Å². The Morgan fingerprint density at radius 2 is 2.00 bits per heavy atom. The zero-order valence-corrected chi connectivity index (χ0v) is 10.6. The average molecular weight is 249 g/mol. The van der Waals surface area contributed by atoms with E-state index in [9.17, 15) is 4.39 Å². The summed E-state index contributed by atoms with van der Waals surface area (Å²) in [5, 5.41) is 0. The highest BCUT2D eigenvalue weighted by Crippen LogP contribution is 2.45. The second kappa shape index (κ2) is 4.54. The van der Waals surface area contributed by atoms with Gasteiger partial charge in [0, 0.05) is 17.5 Å². The Hall–Kier alpha value is -1.09. The minimum absolute atomic E-state index is 0.0632. The van der Waals surface area contributed by atoms with Crippen LogP contribution in [0.15, 0.2) is 18.2 Å². The van der Waals surface area contributed by atoms with Crippen LogP contribution in [0.1, 0.15) is 44.1 Å². The fraction of sp³-hybridized carbons (Fsp3) is 0.600. The van der Waals surface area contributed by atoms with Gasteiger partial charge in [0.25, 0.3) is 0 Å². The Morgan fingerprint density at radius 1 is 1.28 bits per heavy atom. The first-order valence-electron chi connectivity index (χ1n) is 6.90. The van der Waals surface area contributed by atoms with Gasteiger partial charge >= 0.3 is 0 Å². The molecule has 1 aromatic carbocycles. The molecule has 1 aromatic rings. The van der Waals surface area contributed by atoms with Crippen molar-refractivity contribution in [1.29, 1.82) is 0 Å². The van der Waals surface area contributed by atoms with Gasteiger partial charge in [-0.25, -0.2) is 4.39 Å². The maximum atomic E-state index is 13.6. The first-order valence-corrected chi connectivity index (χ1v) is 6.90. The summed E-state index contributed by atoms with van der Waals surface area (Å²) in [6, 6.07) is 4.90. The molecule has 2 saturated carbocycles. The third kappa shape index (κ3) is 2.12. The third-order valence-corrected chi connectivity index (χ3v) is 4.28. The van der Waals surface area contributed by atoms with Crippen molar-refractivity contribution in [3.05, 3.63) is 29.6 Å². The summed E-state index contributed by atoms with van der Waals surface area (Å²) < 4.78 is 19.5. The molecule has 3 heteroatoms. The van der Waals surface area contributed by atoms with Gasteiger partial charge in [0.05, 0.1) is 6.10 Å². The van der Waals surface area contributed by atoms with Crippen molar-refractivity contribution in [1.82, 2.24) is 0 Å². The van der Waals surface area contributed by atoms with E-state index in [1.165, 1.54) is 18.9 Å². The Labute approximate surface area is 107 Å². The summed E-state index contributed by atoms with van der Waals surface area (Å²) in [5.74, 6) is 0.666. The smallest absolute Gasteiger partial charge is 0.123 e. The normalized spacial score (nSPS) is 22.1. The molecular formula is C15H20FNO. The van der Waals surface area contributed by atoms with Gasteiger partial charge in [-0.05, 0) is 43.9 Å². The molecule has 0 spiro atoms. The van der Waals surface area contributed by atoms with Gasteiger partial charge in [-0.3, -0.25) is 0 Å². The highest BCUT2D eigenvalue weighted by molar-refractivity contribution is 5.41. The van der Waals surface area contributed by atoms with Crippen LogP contribution >= 0.6 is 0 Å². The third-order valence-electron chi connectivity index (χ3n) is 4.28. The molecule has 0 aromatic heterocycles. The van der Waals surface area contributed by atoms with Crippen LogP contribution in [0, 0.1) is 5.82 Å². The standard InChI is InChI=1S/C15H20FNO/c16-11-3-6-14(18-12-4-5-12)13(9-11)15(10-17)7-1-2-8-15/h3,6,9,12H,1-2,4-5,7-8,10,17H2. The lowest BCUT2D eigenvalue weighted by Gasteiger charge is -2.30. The molecule has 2 aliphatic rings. The first kappa shape index (κ1) is 12.0. The summed E-state index contributed by atoms with van der Waals surface area (Å²) in [7, 11) is 0. The van der Waals surface area contributed by atoms with Crippen LogP contribution in [0.3, 0.4) is 0 Å². The molecule has 3 rings (SSSR count). The molecule has 98 valence electrons. The Bertz CT molecular complexity index is 436. The number of hydrogen-bond donors (Lipinski definition) is 1. The minimum atomic E-state index is -0.187. The fourth-order valence-corrected chi connectivity index (χ4v) is 3.02. The Balaban J connectivity index is 1.98. The molecular weight excluding hydrogens is 229 g/mol. The van der Waals surface area contributed by atoms with E-state index >= 15 is 0 Å². The number of rotatable bonds is 4. The van der Waals surface area contributed by atoms with Crippen molar-refractivity contribution >= 4 is 0 Å². The number of halogens is 1. The predicted octanol–water partition coefficient (Wildman–Crippen LogP) is 3.14. The number of hydrogen-bond acceptors (Lipinski definition) is 2. The summed E-state index contributed by atoms with van der Waals surface area (Å²) in [4.78, 5) is 0. The molecule has 0 aliphatic heterocycles. The summed E-state index contributed by atoms with van der Waals surface area (Å²) in [5.41, 5.74) is 6.92. The van der Waals surface area contributed by atoms with E-state index in [0.717, 1.165) is 37.0 Å². The fourth-order valence-electron chi connectivity index (χ4n) is 3.02. The largest absolute Gasteiger partial charge is 0.490 e. The number of ether oxygens (including phenoxy) is 1. The zero-order chi connectivity index (χ0) is 12.6. The van der Waals surface area contributed by atoms with Crippen LogP contribution in [0.25, 0.3) is 0 Å². The van der Waals surface area contributed by atoms with Gasteiger partial charge < -0.3 is 10.5 Å². The summed E-state index contributed by atoms with van der Waals surface area (Å²) in [6.45, 7) is 0.581. The highest BCUT2D eigenvalue weighted by atomic mass is 19.1. The summed E-state index contributed by atoms with van der Waals surface area (Å²) >= 11 is 0. The molecule has 2 aliphatic carbocycles. The van der Waals surface area contributed by atoms with E-state index in [1.807, 2.05) is 0 Å². The quantitative estimate of drug-likeness (QED) is 0.889. The van der Waals surface area contributed by atoms with E-state index in [-0.39, 0.29) is 11.2 Å². The molecule has 0 radical (unpaired) electrons. The van der Waals surface area contributed by atoms with Crippen molar-refractivity contribution in [2.24, 2.45) is 5.73 Å². The molecule has 18 heavy (non-hydrogen) atoms. The molecule has 2 nitrogen and oxygen atoms in total. The van der Waals surface area contributed by atoms with Crippen molar-refractivity contribution in [2.45, 2.75) is 50.0 Å². The second-order valence-corrected chi connectivity index (χ2v) is 5.65. The topological polar surface area (TPSA) is 35.2 Å². The minimum Gasteiger partial charge on any atom is -0.490 e. The van der Waals surface area contributed by atoms with Gasteiger partial charge in [0.15, 0.2) is 0 Å². The van der Waals surface area contributed by atoms with Crippen LogP contribution in [-0.4, -0.2) is 12.6 Å². The molecule has 2 fully saturated rings. The number of benzene rings is 1. The van der Waals surface area contributed by atoms with Crippen molar-refractivity contribution < 1.29 is 9.13 Å². The van der Waals surface area contributed by atoms with Crippen LogP contribution in [-0.2, 0) is 5.41 Å². The van der Waals surface area contributed by atoms with E-state index < -0.39 is 0 Å². The van der Waals surface area contributed by atoms with Gasteiger partial charge in [0.2, 0.25) is 0 Å².